The molecule has 36 heavy (non-hydrogen) atoms. The summed E-state index contributed by atoms with van der Waals surface area (Å²) >= 11 is 0. The molecule has 0 saturated carbocycles. The van der Waals surface area contributed by atoms with E-state index in [-0.39, 0.29) is 22.8 Å². The van der Waals surface area contributed by atoms with Crippen molar-refractivity contribution in [3.63, 3.8) is 0 Å². The van der Waals surface area contributed by atoms with Crippen LogP contribution in [0.1, 0.15) is 44.4 Å². The van der Waals surface area contributed by atoms with Crippen LogP contribution in [0, 0.1) is 13.8 Å². The summed E-state index contributed by atoms with van der Waals surface area (Å²) in [6.07, 6.45) is 0.515. The number of carbonyl (C=O) groups is 1. The Morgan fingerprint density at radius 1 is 0.972 bits per heavy atom. The maximum absolute atomic E-state index is 13.8. The second-order valence-electron chi connectivity index (χ2n) is 9.06. The second-order valence-corrected chi connectivity index (χ2v) is 9.06. The van der Waals surface area contributed by atoms with Gasteiger partial charge in [0.1, 0.15) is 11.3 Å². The molecule has 3 aromatic carbocycles. The van der Waals surface area contributed by atoms with Crippen LogP contribution >= 0.6 is 0 Å². The van der Waals surface area contributed by atoms with Gasteiger partial charge < -0.3 is 23.9 Å². The molecule has 184 valence electrons. The Bertz CT molecular complexity index is 1550. The fourth-order valence-electron chi connectivity index (χ4n) is 5.07. The zero-order chi connectivity index (χ0) is 25.6. The molecule has 4 aromatic rings. The third-order valence-electron chi connectivity index (χ3n) is 6.69. The number of rotatable bonds is 6. The Hall–Kier alpha value is -4.26. The van der Waals surface area contributed by atoms with Crippen molar-refractivity contribution in [1.82, 2.24) is 4.90 Å². The van der Waals surface area contributed by atoms with Crippen LogP contribution in [0.15, 0.2) is 63.8 Å². The van der Waals surface area contributed by atoms with Gasteiger partial charge in [0.15, 0.2) is 16.9 Å². The number of carbonyl (C=O) groups excluding carboxylic acids is 1. The largest absolute Gasteiger partial charge is 0.508 e. The van der Waals surface area contributed by atoms with Crippen LogP contribution in [0.3, 0.4) is 0 Å². The molecular formula is C29H27NO6. The highest BCUT2D eigenvalue weighted by Crippen LogP contribution is 2.39. The first-order valence-corrected chi connectivity index (χ1v) is 11.7. The SMILES string of the molecule is COc1ccc(CCN2C(=O)c3oc4cc(C)cc(C)c4c(=O)c3C2c2cccc(O)c2)cc1OC. The van der Waals surface area contributed by atoms with Gasteiger partial charge in [0.2, 0.25) is 5.76 Å². The predicted molar refractivity (Wildman–Crippen MR) is 136 cm³/mol. The van der Waals surface area contributed by atoms with Gasteiger partial charge in [0.25, 0.3) is 5.91 Å². The molecule has 7 heteroatoms. The van der Waals surface area contributed by atoms with E-state index in [2.05, 4.69) is 0 Å². The molecule has 0 fully saturated rings. The maximum atomic E-state index is 13.8. The Labute approximate surface area is 208 Å². The average Bonchev–Trinajstić information content (AvgIpc) is 3.13. The summed E-state index contributed by atoms with van der Waals surface area (Å²) < 4.78 is 16.8. The number of methoxy groups -OCH3 is 2. The molecule has 1 aliphatic rings. The molecule has 0 radical (unpaired) electrons. The molecular weight excluding hydrogens is 458 g/mol. The van der Waals surface area contributed by atoms with E-state index in [0.717, 1.165) is 16.7 Å². The van der Waals surface area contributed by atoms with Crippen molar-refractivity contribution in [2.45, 2.75) is 26.3 Å². The number of aryl methyl sites for hydroxylation is 2. The summed E-state index contributed by atoms with van der Waals surface area (Å²) in [4.78, 5) is 29.1. The lowest BCUT2D eigenvalue weighted by Gasteiger charge is -2.25. The number of nitrogens with zero attached hydrogens (tertiary/aromatic N) is 1. The molecule has 5 rings (SSSR count). The topological polar surface area (TPSA) is 89.2 Å². The molecule has 1 atom stereocenters. The summed E-state index contributed by atoms with van der Waals surface area (Å²) in [7, 11) is 3.15. The average molecular weight is 486 g/mol. The highest BCUT2D eigenvalue weighted by Gasteiger charge is 2.42. The first kappa shape index (κ1) is 23.5. The van der Waals surface area contributed by atoms with Gasteiger partial charge in [-0.05, 0) is 72.9 Å². The van der Waals surface area contributed by atoms with Crippen molar-refractivity contribution in [2.75, 3.05) is 20.8 Å². The lowest BCUT2D eigenvalue weighted by molar-refractivity contribution is 0.0729. The number of amides is 1. The number of hydrogen-bond donors (Lipinski definition) is 1. The smallest absolute Gasteiger partial charge is 0.290 e. The Morgan fingerprint density at radius 2 is 1.75 bits per heavy atom. The standard InChI is InChI=1S/C29H27NO6/c1-16-12-17(2)24-23(13-16)36-28-25(27(24)32)26(19-6-5-7-20(31)15-19)30(29(28)33)11-10-18-8-9-21(34-3)22(14-18)35-4/h5-9,12-15,26,31H,10-11H2,1-4H3. The summed E-state index contributed by atoms with van der Waals surface area (Å²) in [5, 5.41) is 10.6. The van der Waals surface area contributed by atoms with Gasteiger partial charge >= 0.3 is 0 Å². The van der Waals surface area contributed by atoms with E-state index < -0.39 is 6.04 Å². The van der Waals surface area contributed by atoms with Gasteiger partial charge in [-0.2, -0.15) is 0 Å². The molecule has 1 aliphatic heterocycles. The van der Waals surface area contributed by atoms with Crippen molar-refractivity contribution in [3.8, 4) is 17.2 Å². The monoisotopic (exact) mass is 485 g/mol. The van der Waals surface area contributed by atoms with E-state index in [0.29, 0.717) is 46.6 Å². The van der Waals surface area contributed by atoms with Crippen LogP contribution in [-0.2, 0) is 6.42 Å². The van der Waals surface area contributed by atoms with Gasteiger partial charge in [-0.25, -0.2) is 0 Å². The summed E-state index contributed by atoms with van der Waals surface area (Å²) in [6.45, 7) is 4.12. The van der Waals surface area contributed by atoms with Crippen LogP contribution in [0.5, 0.6) is 17.2 Å². The Morgan fingerprint density at radius 3 is 2.47 bits per heavy atom. The number of fused-ring (bicyclic) bond motifs is 2. The third kappa shape index (κ3) is 3.86. The van der Waals surface area contributed by atoms with E-state index in [4.69, 9.17) is 13.9 Å². The van der Waals surface area contributed by atoms with Gasteiger partial charge in [-0.15, -0.1) is 0 Å². The summed E-state index contributed by atoms with van der Waals surface area (Å²) in [5.41, 5.74) is 3.82. The van der Waals surface area contributed by atoms with Crippen molar-refractivity contribution in [2.24, 2.45) is 0 Å². The Kier molecular flexibility index (Phi) is 5.92. The summed E-state index contributed by atoms with van der Waals surface area (Å²) in [6, 6.07) is 15.3. The first-order chi connectivity index (χ1) is 17.3. The number of benzene rings is 3. The molecule has 1 unspecified atom stereocenters. The molecule has 1 amide bonds. The molecule has 0 spiro atoms. The molecule has 1 N–H and O–H groups in total. The molecule has 7 nitrogen and oxygen atoms in total. The van der Waals surface area contributed by atoms with E-state index in [1.165, 1.54) is 0 Å². The minimum atomic E-state index is -0.680. The fourth-order valence-corrected chi connectivity index (χ4v) is 5.07. The van der Waals surface area contributed by atoms with Gasteiger partial charge in [0.05, 0.1) is 31.2 Å². The maximum Gasteiger partial charge on any atom is 0.290 e. The van der Waals surface area contributed by atoms with Crippen molar-refractivity contribution < 1.29 is 23.8 Å². The van der Waals surface area contributed by atoms with Crippen LogP contribution in [0.25, 0.3) is 11.0 Å². The van der Waals surface area contributed by atoms with Gasteiger partial charge in [-0.1, -0.05) is 24.3 Å². The third-order valence-corrected chi connectivity index (χ3v) is 6.69. The number of aromatic hydroxyl groups is 1. The summed E-state index contributed by atoms with van der Waals surface area (Å²) in [5.74, 6) is 0.987. The minimum Gasteiger partial charge on any atom is -0.508 e. The highest BCUT2D eigenvalue weighted by atomic mass is 16.5. The zero-order valence-electron chi connectivity index (χ0n) is 20.6. The highest BCUT2D eigenvalue weighted by molar-refractivity contribution is 5.99. The molecule has 0 aliphatic carbocycles. The number of phenolic OH excluding ortho intramolecular Hbond substituents is 1. The minimum absolute atomic E-state index is 0.0538. The molecule has 2 heterocycles. The quantitative estimate of drug-likeness (QED) is 0.417. The first-order valence-electron chi connectivity index (χ1n) is 11.7. The van der Waals surface area contributed by atoms with Crippen molar-refractivity contribution >= 4 is 16.9 Å². The molecule has 0 saturated heterocycles. The van der Waals surface area contributed by atoms with Crippen molar-refractivity contribution in [3.05, 3.63) is 98.4 Å². The van der Waals surface area contributed by atoms with Crippen LogP contribution < -0.4 is 14.9 Å². The zero-order valence-corrected chi connectivity index (χ0v) is 20.6. The lowest BCUT2D eigenvalue weighted by atomic mass is 9.96. The normalized spacial score (nSPS) is 14.8. The van der Waals surface area contributed by atoms with Crippen LogP contribution in [0.2, 0.25) is 0 Å². The van der Waals surface area contributed by atoms with Gasteiger partial charge in [0, 0.05) is 6.54 Å². The second kappa shape index (κ2) is 9.07. The molecule has 0 bridgehead atoms. The fraction of sp³-hybridized carbons (Fsp3) is 0.241. The van der Waals surface area contributed by atoms with Gasteiger partial charge in [-0.3, -0.25) is 9.59 Å². The van der Waals surface area contributed by atoms with Crippen LogP contribution in [-0.4, -0.2) is 36.7 Å². The van der Waals surface area contributed by atoms with E-state index in [9.17, 15) is 14.7 Å². The van der Waals surface area contributed by atoms with E-state index in [1.54, 1.807) is 43.4 Å². The number of phenols is 1. The van der Waals surface area contributed by atoms with E-state index in [1.807, 2.05) is 44.2 Å². The van der Waals surface area contributed by atoms with Crippen LogP contribution in [0.4, 0.5) is 0 Å². The Balaban J connectivity index is 1.62. The number of ether oxygens (including phenoxy) is 2. The van der Waals surface area contributed by atoms with E-state index >= 15 is 0 Å². The van der Waals surface area contributed by atoms with Crippen molar-refractivity contribution in [1.29, 1.82) is 0 Å². The predicted octanol–water partition coefficient (Wildman–Crippen LogP) is 4.92. The number of hydrogen-bond acceptors (Lipinski definition) is 6. The molecule has 1 aromatic heterocycles. The lowest BCUT2D eigenvalue weighted by Crippen LogP contribution is -2.31.